The molecule has 0 saturated carbocycles. The van der Waals surface area contributed by atoms with Gasteiger partial charge in [0.1, 0.15) is 11.8 Å². The third kappa shape index (κ3) is 1.22. The van der Waals surface area contributed by atoms with Crippen molar-refractivity contribution in [3.63, 3.8) is 0 Å². The molecule has 0 bridgehead atoms. The zero-order valence-corrected chi connectivity index (χ0v) is 9.12. The number of rotatable bonds is 1. The molecule has 1 amide bonds. The molecular weight excluding hydrogens is 190 g/mol. The van der Waals surface area contributed by atoms with E-state index in [1.54, 1.807) is 4.90 Å². The van der Waals surface area contributed by atoms with E-state index in [0.717, 1.165) is 0 Å². The molecule has 0 N–H and O–H groups in total. The number of terminal acetylenes is 1. The number of amides is 1. The second kappa shape index (κ2) is 3.11. The van der Waals surface area contributed by atoms with Crippen LogP contribution in [0, 0.1) is 18.3 Å². The minimum absolute atomic E-state index is 0.0517. The van der Waals surface area contributed by atoms with Crippen LogP contribution >= 0.6 is 0 Å². The minimum Gasteiger partial charge on any atom is -0.354 e. The Labute approximate surface area is 90.1 Å². The minimum atomic E-state index is -0.566. The second-order valence-electron chi connectivity index (χ2n) is 4.58. The van der Waals surface area contributed by atoms with Crippen molar-refractivity contribution in [3.05, 3.63) is 12.2 Å². The summed E-state index contributed by atoms with van der Waals surface area (Å²) < 4.78 is 5.62. The fourth-order valence-corrected chi connectivity index (χ4v) is 2.31. The molecule has 2 heterocycles. The first-order valence-electron chi connectivity index (χ1n) is 5.12. The van der Waals surface area contributed by atoms with Crippen molar-refractivity contribution < 1.29 is 9.53 Å². The van der Waals surface area contributed by atoms with Gasteiger partial charge in [0.15, 0.2) is 0 Å². The molecule has 0 aromatic heterocycles. The Bertz CT molecular complexity index is 366. The molecule has 0 aromatic rings. The van der Waals surface area contributed by atoms with Crippen LogP contribution in [0.1, 0.15) is 20.3 Å². The van der Waals surface area contributed by atoms with Gasteiger partial charge in [-0.05, 0) is 5.92 Å². The predicted octanol–water partition coefficient (Wildman–Crippen LogP) is 1.16. The molecule has 0 spiro atoms. The lowest BCUT2D eigenvalue weighted by molar-refractivity contribution is -0.133. The molecule has 0 aliphatic carbocycles. The average molecular weight is 205 g/mol. The highest BCUT2D eigenvalue weighted by atomic mass is 16.5. The quantitative estimate of drug-likeness (QED) is 0.475. The van der Waals surface area contributed by atoms with Crippen molar-refractivity contribution in [2.24, 2.45) is 5.92 Å². The molecule has 0 radical (unpaired) electrons. The lowest BCUT2D eigenvalue weighted by atomic mass is 9.98. The fourth-order valence-electron chi connectivity index (χ4n) is 2.31. The van der Waals surface area contributed by atoms with Gasteiger partial charge < -0.3 is 4.74 Å². The summed E-state index contributed by atoms with van der Waals surface area (Å²) in [5.41, 5.74) is 0.0326. The van der Waals surface area contributed by atoms with Gasteiger partial charge in [0.05, 0.1) is 6.61 Å². The van der Waals surface area contributed by atoms with Gasteiger partial charge in [-0.25, -0.2) is 0 Å². The highest BCUT2D eigenvalue weighted by molar-refractivity contribution is 5.97. The van der Waals surface area contributed by atoms with Gasteiger partial charge in [0.25, 0.3) is 5.91 Å². The van der Waals surface area contributed by atoms with Gasteiger partial charge in [-0.15, -0.1) is 6.42 Å². The summed E-state index contributed by atoms with van der Waals surface area (Å²) in [6, 6.07) is 0. The summed E-state index contributed by atoms with van der Waals surface area (Å²) in [5.74, 6) is 2.90. The smallest absolute Gasteiger partial charge is 0.252 e. The van der Waals surface area contributed by atoms with E-state index in [-0.39, 0.29) is 18.1 Å². The van der Waals surface area contributed by atoms with E-state index >= 15 is 0 Å². The highest BCUT2D eigenvalue weighted by Gasteiger charge is 2.55. The Morgan fingerprint density at radius 3 is 2.93 bits per heavy atom. The number of fused-ring (bicyclic) bond motifs is 1. The highest BCUT2D eigenvalue weighted by Crippen LogP contribution is 2.41. The first kappa shape index (κ1) is 10.3. The molecule has 2 fully saturated rings. The van der Waals surface area contributed by atoms with Gasteiger partial charge in [0, 0.05) is 12.0 Å². The Kier molecular flexibility index (Phi) is 2.13. The number of carbonyl (C=O) groups excluding carboxylic acids is 1. The van der Waals surface area contributed by atoms with Crippen LogP contribution in [0.3, 0.4) is 0 Å². The average Bonchev–Trinajstić information content (AvgIpc) is 2.66. The van der Waals surface area contributed by atoms with E-state index in [1.807, 2.05) is 13.8 Å². The maximum Gasteiger partial charge on any atom is 0.252 e. The van der Waals surface area contributed by atoms with E-state index in [4.69, 9.17) is 11.2 Å². The summed E-state index contributed by atoms with van der Waals surface area (Å²) in [4.78, 5) is 13.6. The summed E-state index contributed by atoms with van der Waals surface area (Å²) >= 11 is 0. The lowest BCUT2D eigenvalue weighted by Gasteiger charge is -2.29. The van der Waals surface area contributed by atoms with Crippen molar-refractivity contribution in [2.75, 3.05) is 6.61 Å². The zero-order chi connectivity index (χ0) is 11.2. The Hall–Kier alpha value is -1.27. The summed E-state index contributed by atoms with van der Waals surface area (Å²) in [7, 11) is 0. The van der Waals surface area contributed by atoms with Gasteiger partial charge in [-0.1, -0.05) is 26.3 Å². The monoisotopic (exact) mass is 205 g/mol. The molecule has 2 saturated heterocycles. The maximum absolute atomic E-state index is 11.9. The van der Waals surface area contributed by atoms with Gasteiger partial charge in [-0.2, -0.15) is 0 Å². The van der Waals surface area contributed by atoms with E-state index < -0.39 is 5.54 Å². The third-order valence-corrected chi connectivity index (χ3v) is 3.07. The molecule has 80 valence electrons. The van der Waals surface area contributed by atoms with Gasteiger partial charge in [0.2, 0.25) is 0 Å². The number of hydrogen-bond acceptors (Lipinski definition) is 2. The van der Waals surface area contributed by atoms with Crippen LogP contribution in [0.2, 0.25) is 0 Å². The standard InChI is InChI=1S/C12H15NO2/c1-5-12-6-9(4)10(14)13(12)11(8(2)3)15-7-12/h1,8,11H,4,6-7H2,2-3H3. The molecule has 2 aliphatic rings. The molecule has 2 atom stereocenters. The van der Waals surface area contributed by atoms with Crippen LogP contribution in [0.15, 0.2) is 12.2 Å². The number of carbonyl (C=O) groups is 1. The van der Waals surface area contributed by atoms with Crippen LogP contribution in [0.5, 0.6) is 0 Å². The van der Waals surface area contributed by atoms with Crippen LogP contribution in [0.25, 0.3) is 0 Å². The molecule has 0 aromatic carbocycles. The van der Waals surface area contributed by atoms with E-state index in [9.17, 15) is 4.79 Å². The van der Waals surface area contributed by atoms with Crippen LogP contribution < -0.4 is 0 Å². The first-order valence-corrected chi connectivity index (χ1v) is 5.12. The number of hydrogen-bond donors (Lipinski definition) is 0. The van der Waals surface area contributed by atoms with Crippen LogP contribution in [-0.2, 0) is 9.53 Å². The number of nitrogens with zero attached hydrogens (tertiary/aromatic N) is 1. The van der Waals surface area contributed by atoms with Gasteiger partial charge >= 0.3 is 0 Å². The van der Waals surface area contributed by atoms with E-state index in [1.165, 1.54) is 0 Å². The zero-order valence-electron chi connectivity index (χ0n) is 9.12. The SMILES string of the molecule is C#CC12COC(C(C)C)N1C(=O)C(=C)C2. The Morgan fingerprint density at radius 2 is 2.40 bits per heavy atom. The molecule has 15 heavy (non-hydrogen) atoms. The molecule has 2 aliphatic heterocycles. The molecular formula is C12H15NO2. The number of ether oxygens (including phenoxy) is 1. The normalized spacial score (nSPS) is 34.8. The topological polar surface area (TPSA) is 29.5 Å². The third-order valence-electron chi connectivity index (χ3n) is 3.07. The van der Waals surface area contributed by atoms with E-state index in [0.29, 0.717) is 18.6 Å². The van der Waals surface area contributed by atoms with E-state index in [2.05, 4.69) is 12.5 Å². The summed E-state index contributed by atoms with van der Waals surface area (Å²) in [6.45, 7) is 8.23. The Morgan fingerprint density at radius 1 is 1.73 bits per heavy atom. The summed E-state index contributed by atoms with van der Waals surface area (Å²) in [5, 5.41) is 0. The molecule has 3 heteroatoms. The second-order valence-corrected chi connectivity index (χ2v) is 4.58. The first-order chi connectivity index (χ1) is 7.02. The van der Waals surface area contributed by atoms with Crippen LogP contribution in [-0.4, -0.2) is 29.2 Å². The lowest BCUT2D eigenvalue weighted by Crippen LogP contribution is -2.46. The largest absolute Gasteiger partial charge is 0.354 e. The van der Waals surface area contributed by atoms with Crippen molar-refractivity contribution >= 4 is 5.91 Å². The maximum atomic E-state index is 11.9. The molecule has 3 nitrogen and oxygen atoms in total. The van der Waals surface area contributed by atoms with Crippen molar-refractivity contribution in [3.8, 4) is 12.3 Å². The van der Waals surface area contributed by atoms with Crippen molar-refractivity contribution in [1.82, 2.24) is 4.90 Å². The van der Waals surface area contributed by atoms with Crippen molar-refractivity contribution in [2.45, 2.75) is 32.0 Å². The van der Waals surface area contributed by atoms with Crippen molar-refractivity contribution in [1.29, 1.82) is 0 Å². The Balaban J connectivity index is 2.40. The fraction of sp³-hybridized carbons (Fsp3) is 0.583. The van der Waals surface area contributed by atoms with Gasteiger partial charge in [-0.3, -0.25) is 9.69 Å². The summed E-state index contributed by atoms with van der Waals surface area (Å²) in [6.07, 6.45) is 5.86. The predicted molar refractivity (Wildman–Crippen MR) is 56.7 cm³/mol. The molecule has 2 rings (SSSR count). The molecule has 2 unspecified atom stereocenters. The van der Waals surface area contributed by atoms with Crippen LogP contribution in [0.4, 0.5) is 0 Å².